The summed E-state index contributed by atoms with van der Waals surface area (Å²) in [6.07, 6.45) is 1.87. The van der Waals surface area contributed by atoms with Gasteiger partial charge in [0, 0.05) is 21.4 Å². The molecule has 0 radical (unpaired) electrons. The van der Waals surface area contributed by atoms with Crippen molar-refractivity contribution in [3.8, 4) is 23.4 Å². The summed E-state index contributed by atoms with van der Waals surface area (Å²) in [6.45, 7) is 10.4. The predicted octanol–water partition coefficient (Wildman–Crippen LogP) is 8.53. The Hall–Kier alpha value is -5.56. The number of rotatable bonds is 7. The molecule has 1 heterocycles. The van der Waals surface area contributed by atoms with E-state index < -0.39 is 0 Å². The molecule has 5 nitrogen and oxygen atoms in total. The summed E-state index contributed by atoms with van der Waals surface area (Å²) < 4.78 is 0. The van der Waals surface area contributed by atoms with Crippen LogP contribution in [0.5, 0.6) is 0 Å². The molecule has 0 saturated carbocycles. The van der Waals surface area contributed by atoms with E-state index in [4.69, 9.17) is 10.7 Å². The van der Waals surface area contributed by atoms with E-state index in [2.05, 4.69) is 50.0 Å². The molecule has 0 spiro atoms. The Morgan fingerprint density at radius 2 is 1.45 bits per heavy atom. The lowest BCUT2D eigenvalue weighted by Gasteiger charge is -2.19. The highest BCUT2D eigenvalue weighted by atomic mass is 32.2. The number of aryl methyl sites for hydroxylation is 1. The fraction of sp³-hybridized carbons (Fsp3) is 0.146. The highest BCUT2D eigenvalue weighted by Crippen LogP contribution is 2.30. The van der Waals surface area contributed by atoms with Crippen molar-refractivity contribution in [3.05, 3.63) is 147 Å². The molecule has 232 valence electrons. The van der Waals surface area contributed by atoms with Crippen LogP contribution < -0.4 is 16.3 Å². The van der Waals surface area contributed by atoms with Crippen LogP contribution >= 0.6 is 11.8 Å². The summed E-state index contributed by atoms with van der Waals surface area (Å²) in [6, 6.07) is 40.5. The molecule has 0 aliphatic heterocycles. The number of benzene rings is 4. The topological polar surface area (TPSA) is 102 Å². The molecule has 47 heavy (non-hydrogen) atoms. The van der Waals surface area contributed by atoms with Crippen molar-refractivity contribution in [3.63, 3.8) is 0 Å². The number of thioether (sulfide) groups is 1. The number of hydrogen-bond donors (Lipinski definition) is 2. The second kappa shape index (κ2) is 14.3. The van der Waals surface area contributed by atoms with Crippen molar-refractivity contribution < 1.29 is 0 Å². The Balaban J connectivity index is 1.91. The highest BCUT2D eigenvalue weighted by molar-refractivity contribution is 8.03. The molecule has 0 amide bonds. The van der Waals surface area contributed by atoms with Gasteiger partial charge in [0.15, 0.2) is 0 Å². The number of aromatic nitrogens is 1. The van der Waals surface area contributed by atoms with Gasteiger partial charge >= 0.3 is 0 Å². The van der Waals surface area contributed by atoms with Crippen molar-refractivity contribution in [2.75, 3.05) is 0 Å². The zero-order chi connectivity index (χ0) is 33.6. The van der Waals surface area contributed by atoms with Crippen LogP contribution in [0.2, 0.25) is 0 Å². The zero-order valence-corrected chi connectivity index (χ0v) is 28.1. The van der Waals surface area contributed by atoms with Crippen molar-refractivity contribution in [1.29, 1.82) is 10.5 Å². The Morgan fingerprint density at radius 3 is 2.04 bits per heavy atom. The minimum atomic E-state index is -0.0256. The molecule has 5 rings (SSSR count). The molecule has 0 unspecified atom stereocenters. The smallest absolute Gasteiger partial charge is 0.106 e. The summed E-state index contributed by atoms with van der Waals surface area (Å²) in [5.41, 5.74) is 14.7. The molecule has 0 bridgehead atoms. The maximum absolute atomic E-state index is 10.7. The van der Waals surface area contributed by atoms with E-state index in [1.165, 1.54) is 17.3 Å². The number of nitriles is 2. The zero-order valence-electron chi connectivity index (χ0n) is 27.3. The molecular weight excluding hydrogens is 595 g/mol. The van der Waals surface area contributed by atoms with E-state index in [9.17, 15) is 10.5 Å². The van der Waals surface area contributed by atoms with Crippen molar-refractivity contribution in [2.45, 2.75) is 44.9 Å². The van der Waals surface area contributed by atoms with E-state index >= 15 is 0 Å². The van der Waals surface area contributed by atoms with Gasteiger partial charge in [0.2, 0.25) is 0 Å². The molecular formula is C41H37N5S. The molecule has 0 aliphatic rings. The van der Waals surface area contributed by atoms with Crippen LogP contribution in [-0.4, -0.2) is 10.7 Å². The summed E-state index contributed by atoms with van der Waals surface area (Å²) in [7, 11) is 0. The fourth-order valence-electron chi connectivity index (χ4n) is 5.33. The van der Waals surface area contributed by atoms with E-state index in [0.717, 1.165) is 38.5 Å². The van der Waals surface area contributed by atoms with Gasteiger partial charge in [-0.2, -0.15) is 10.5 Å². The number of hydrogen-bond acceptors (Lipinski definition) is 5. The van der Waals surface area contributed by atoms with Gasteiger partial charge in [-0.25, -0.2) is 0 Å². The van der Waals surface area contributed by atoms with Crippen LogP contribution in [0.25, 0.3) is 28.6 Å². The van der Waals surface area contributed by atoms with Gasteiger partial charge < -0.3 is 10.7 Å². The third kappa shape index (κ3) is 7.47. The number of nitrogens with one attached hydrogen (secondary N) is 1. The van der Waals surface area contributed by atoms with Gasteiger partial charge in [-0.3, -0.25) is 4.99 Å². The van der Waals surface area contributed by atoms with Crippen molar-refractivity contribution in [2.24, 2.45) is 10.7 Å². The summed E-state index contributed by atoms with van der Waals surface area (Å²) in [5, 5.41) is 22.2. The summed E-state index contributed by atoms with van der Waals surface area (Å²) in [4.78, 5) is 9.88. The highest BCUT2D eigenvalue weighted by Gasteiger charge is 2.19. The molecule has 0 saturated heterocycles. The van der Waals surface area contributed by atoms with Crippen LogP contribution in [0.1, 0.15) is 49.9 Å². The van der Waals surface area contributed by atoms with Gasteiger partial charge in [0.1, 0.15) is 12.1 Å². The normalized spacial score (nSPS) is 13.4. The van der Waals surface area contributed by atoms with Crippen molar-refractivity contribution in [1.82, 2.24) is 4.98 Å². The average Bonchev–Trinajstić information content (AvgIpc) is 3.44. The minimum absolute atomic E-state index is 0.0256. The second-order valence-corrected chi connectivity index (χ2v) is 13.4. The molecule has 5 aromatic rings. The average molecular weight is 632 g/mol. The molecule has 0 atom stereocenters. The van der Waals surface area contributed by atoms with Crippen LogP contribution in [-0.2, 0) is 5.41 Å². The maximum Gasteiger partial charge on any atom is 0.106 e. The van der Waals surface area contributed by atoms with Crippen molar-refractivity contribution >= 4 is 40.5 Å². The number of allylic oxidation sites excluding steroid dienone is 1. The number of aromatic amines is 1. The van der Waals surface area contributed by atoms with Crippen LogP contribution in [0.15, 0.2) is 124 Å². The lowest BCUT2D eigenvalue weighted by Crippen LogP contribution is -2.33. The fourth-order valence-corrected chi connectivity index (χ4v) is 6.10. The number of nitrogens with zero attached hydrogens (tertiary/aromatic N) is 3. The molecule has 1 aromatic heterocycles. The monoisotopic (exact) mass is 631 g/mol. The largest absolute Gasteiger partial charge is 0.398 e. The first-order valence-electron chi connectivity index (χ1n) is 15.4. The Kier molecular flexibility index (Phi) is 9.95. The molecule has 4 aromatic carbocycles. The summed E-state index contributed by atoms with van der Waals surface area (Å²) in [5.74, 6) is 0. The molecule has 6 heteroatoms. The predicted molar refractivity (Wildman–Crippen MR) is 196 cm³/mol. The standard InChI is InChI=1S/C41H37N5S/c1-27-14-12-13-19-36(27)45-28(2)35(26-43)40-37(38(44)29-20-22-31(23-21-29)41(3,4)5)34(39(46-40)30-15-8-6-9-16-30)24-33(25-42)47-32-17-10-7-11-18-32/h6-24,46H,44H2,1-5H3/b33-24+,38-37+,40-35-,45-28?. The van der Waals surface area contributed by atoms with Crippen LogP contribution in [0, 0.1) is 29.6 Å². The third-order valence-electron chi connectivity index (χ3n) is 7.92. The van der Waals surface area contributed by atoms with Gasteiger partial charge in [-0.05, 0) is 65.8 Å². The van der Waals surface area contributed by atoms with Gasteiger partial charge in [0.25, 0.3) is 0 Å². The van der Waals surface area contributed by atoms with Gasteiger partial charge in [-0.15, -0.1) is 0 Å². The molecule has 0 fully saturated rings. The third-order valence-corrected chi connectivity index (χ3v) is 8.85. The minimum Gasteiger partial charge on any atom is -0.398 e. The first kappa shape index (κ1) is 32.8. The quantitative estimate of drug-likeness (QED) is 0.107. The van der Waals surface area contributed by atoms with E-state index in [1.807, 2.05) is 117 Å². The Morgan fingerprint density at radius 1 is 0.830 bits per heavy atom. The first-order valence-corrected chi connectivity index (χ1v) is 16.2. The Bertz CT molecular complexity index is 2170. The summed E-state index contributed by atoms with van der Waals surface area (Å²) >= 11 is 1.38. The molecule has 0 aliphatic carbocycles. The number of H-pyrrole nitrogens is 1. The van der Waals surface area contributed by atoms with Gasteiger partial charge in [0.05, 0.1) is 32.9 Å². The number of nitrogens with two attached hydrogens (primary N) is 1. The SMILES string of the molecule is CC(=Nc1ccccc1C)/C(C#N)=c1\[nH]c(-c2ccccc2)c(/C=C(\C#N)Sc2ccccc2)\c1=C(/N)c1ccc(C(C)(C)C)cc1. The Labute approximate surface area is 281 Å². The number of para-hydroxylation sites is 1. The lowest BCUT2D eigenvalue weighted by atomic mass is 9.86. The lowest BCUT2D eigenvalue weighted by molar-refractivity contribution is 0.590. The molecule has 3 N–H and O–H groups in total. The van der Waals surface area contributed by atoms with Gasteiger partial charge in [-0.1, -0.05) is 124 Å². The second-order valence-electron chi connectivity index (χ2n) is 12.3. The van der Waals surface area contributed by atoms with Crippen LogP contribution in [0.4, 0.5) is 5.69 Å². The van der Waals surface area contributed by atoms with E-state index in [1.54, 1.807) is 0 Å². The van der Waals surface area contributed by atoms with Crippen LogP contribution in [0.3, 0.4) is 0 Å². The first-order chi connectivity index (χ1) is 22.6. The maximum atomic E-state index is 10.7. The van der Waals surface area contributed by atoms with E-state index in [-0.39, 0.29) is 5.41 Å². The van der Waals surface area contributed by atoms with E-state index in [0.29, 0.717) is 32.5 Å². The number of aliphatic imine (C=N–C) groups is 1.